The highest BCUT2D eigenvalue weighted by Gasteiger charge is 2.16. The van der Waals surface area contributed by atoms with E-state index in [1.54, 1.807) is 28.9 Å². The van der Waals surface area contributed by atoms with Gasteiger partial charge in [0, 0.05) is 48.5 Å². The van der Waals surface area contributed by atoms with Crippen molar-refractivity contribution in [3.05, 3.63) is 63.8 Å². The number of hydrogen-bond acceptors (Lipinski definition) is 3. The molecule has 5 nitrogen and oxygen atoms in total. The van der Waals surface area contributed by atoms with Crippen molar-refractivity contribution in [2.75, 3.05) is 5.32 Å². The fraction of sp³-hybridized carbons (Fsp3) is 0.280. The van der Waals surface area contributed by atoms with E-state index in [1.165, 1.54) is 12.1 Å². The molecule has 0 aliphatic heterocycles. The van der Waals surface area contributed by atoms with Crippen LogP contribution in [-0.4, -0.2) is 20.8 Å². The molecule has 0 bridgehead atoms. The zero-order valence-electron chi connectivity index (χ0n) is 18.5. The van der Waals surface area contributed by atoms with E-state index < -0.39 is 0 Å². The molecule has 3 rings (SSSR count). The summed E-state index contributed by atoms with van der Waals surface area (Å²) < 4.78 is 1.69. The molecule has 1 heterocycles. The molecule has 1 aromatic heterocycles. The summed E-state index contributed by atoms with van der Waals surface area (Å²) in [4.78, 5) is 12.6. The summed E-state index contributed by atoms with van der Waals surface area (Å²) in [5.74, 6) is 6.15. The maximum absolute atomic E-state index is 12.6. The Morgan fingerprint density at radius 2 is 1.88 bits per heavy atom. The molecule has 0 saturated heterocycles. The van der Waals surface area contributed by atoms with Crippen LogP contribution in [0.2, 0.25) is 10.0 Å². The van der Waals surface area contributed by atoms with E-state index >= 15 is 0 Å². The lowest BCUT2D eigenvalue weighted by Gasteiger charge is -2.12. The predicted octanol–water partition coefficient (Wildman–Crippen LogP) is 6.33. The lowest BCUT2D eigenvalue weighted by Crippen LogP contribution is -2.11. The van der Waals surface area contributed by atoms with Crippen molar-refractivity contribution >= 4 is 34.8 Å². The quantitative estimate of drug-likeness (QED) is 0.346. The Kier molecular flexibility index (Phi) is 7.18. The van der Waals surface area contributed by atoms with Crippen LogP contribution >= 0.6 is 23.2 Å². The maximum atomic E-state index is 12.6. The van der Waals surface area contributed by atoms with Crippen molar-refractivity contribution in [2.45, 2.75) is 33.6 Å². The molecule has 7 heteroatoms. The van der Waals surface area contributed by atoms with E-state index in [0.717, 1.165) is 12.0 Å². The minimum absolute atomic E-state index is 0.0696. The average Bonchev–Trinajstić information content (AvgIpc) is 3.08. The molecular weight excluding hydrogens is 445 g/mol. The number of phenols is 1. The van der Waals surface area contributed by atoms with Gasteiger partial charge in [0.25, 0.3) is 5.91 Å². The molecule has 0 unspecified atom stereocenters. The summed E-state index contributed by atoms with van der Waals surface area (Å²) in [6.07, 6.45) is 3.20. The fourth-order valence-electron chi connectivity index (χ4n) is 3.02. The van der Waals surface area contributed by atoms with Crippen LogP contribution in [0.25, 0.3) is 11.3 Å². The van der Waals surface area contributed by atoms with Gasteiger partial charge in [0.15, 0.2) is 0 Å². The first-order valence-corrected chi connectivity index (χ1v) is 10.9. The number of halogens is 2. The van der Waals surface area contributed by atoms with Gasteiger partial charge in [-0.15, -0.1) is 5.92 Å². The number of benzene rings is 2. The number of nitrogens with zero attached hydrogens (tertiary/aromatic N) is 2. The van der Waals surface area contributed by atoms with Crippen LogP contribution in [0.5, 0.6) is 5.75 Å². The van der Waals surface area contributed by atoms with E-state index in [1.807, 2.05) is 13.2 Å². The van der Waals surface area contributed by atoms with E-state index in [9.17, 15) is 9.90 Å². The topological polar surface area (TPSA) is 67.2 Å². The number of phenolic OH excluding ortho intramolecular Hbond substituents is 1. The minimum Gasteiger partial charge on any atom is -0.507 e. The summed E-state index contributed by atoms with van der Waals surface area (Å²) in [6.45, 7) is 6.44. The minimum atomic E-state index is -0.338. The lowest BCUT2D eigenvalue weighted by atomic mass is 9.93. The number of carbonyl (C=O) groups is 1. The van der Waals surface area contributed by atoms with Gasteiger partial charge in [-0.25, -0.2) is 0 Å². The third kappa shape index (κ3) is 6.06. The van der Waals surface area contributed by atoms with Crippen molar-refractivity contribution in [1.29, 1.82) is 0 Å². The van der Waals surface area contributed by atoms with Gasteiger partial charge in [-0.3, -0.25) is 9.48 Å². The van der Waals surface area contributed by atoms with Crippen LogP contribution in [0, 0.1) is 17.3 Å². The lowest BCUT2D eigenvalue weighted by molar-refractivity contribution is 0.102. The number of aryl methyl sites for hydroxylation is 1. The second-order valence-electron chi connectivity index (χ2n) is 8.76. The zero-order valence-corrected chi connectivity index (χ0v) is 20.0. The molecule has 2 N–H and O–H groups in total. The van der Waals surface area contributed by atoms with Gasteiger partial charge in [-0.2, -0.15) is 5.10 Å². The van der Waals surface area contributed by atoms with Crippen LogP contribution in [0.3, 0.4) is 0 Å². The number of amides is 1. The van der Waals surface area contributed by atoms with E-state index in [4.69, 9.17) is 23.2 Å². The van der Waals surface area contributed by atoms with Crippen LogP contribution in [0.4, 0.5) is 5.69 Å². The summed E-state index contributed by atoms with van der Waals surface area (Å²) in [5, 5.41) is 18.5. The second kappa shape index (κ2) is 9.68. The van der Waals surface area contributed by atoms with Gasteiger partial charge in [-0.05, 0) is 41.8 Å². The molecule has 32 heavy (non-hydrogen) atoms. The van der Waals surface area contributed by atoms with Crippen LogP contribution in [-0.2, 0) is 13.5 Å². The molecule has 0 aliphatic rings. The van der Waals surface area contributed by atoms with Crippen LogP contribution in [0.1, 0.15) is 43.1 Å². The van der Waals surface area contributed by atoms with Crippen molar-refractivity contribution in [3.8, 4) is 28.8 Å². The number of aromatic nitrogens is 2. The Hall–Kier alpha value is -2.94. The molecule has 0 fully saturated rings. The monoisotopic (exact) mass is 469 g/mol. The Morgan fingerprint density at radius 3 is 2.56 bits per heavy atom. The summed E-state index contributed by atoms with van der Waals surface area (Å²) in [5.41, 5.74) is 3.08. The molecule has 0 radical (unpaired) electrons. The standard InChI is InChI=1S/C25H25Cl2N3O2/c1-25(2,3)12-6-5-7-17-15-30(4)29-23(17)19-14-18(9-11-22(19)31)28-24(32)16-8-10-20(26)21(27)13-16/h8-11,13-15,31H,7,12H2,1-4H3,(H,28,32). The number of carbonyl (C=O) groups excluding carboxylic acids is 1. The predicted molar refractivity (Wildman–Crippen MR) is 130 cm³/mol. The Balaban J connectivity index is 1.86. The first kappa shape index (κ1) is 23.7. The molecule has 1 amide bonds. The molecule has 0 saturated carbocycles. The Labute approximate surface area is 198 Å². The molecule has 0 spiro atoms. The van der Waals surface area contributed by atoms with E-state index in [2.05, 4.69) is 43.0 Å². The van der Waals surface area contributed by atoms with Crippen molar-refractivity contribution in [3.63, 3.8) is 0 Å². The molecule has 0 aliphatic carbocycles. The summed E-state index contributed by atoms with van der Waals surface area (Å²) >= 11 is 11.9. The van der Waals surface area contributed by atoms with E-state index in [0.29, 0.717) is 39.0 Å². The molecular formula is C25H25Cl2N3O2. The van der Waals surface area contributed by atoms with Gasteiger partial charge < -0.3 is 10.4 Å². The van der Waals surface area contributed by atoms with E-state index in [-0.39, 0.29) is 17.1 Å². The van der Waals surface area contributed by atoms with Crippen molar-refractivity contribution in [2.24, 2.45) is 12.5 Å². The Bertz CT molecular complexity index is 1210. The Morgan fingerprint density at radius 1 is 1.12 bits per heavy atom. The number of rotatable bonds is 4. The fourth-order valence-corrected chi connectivity index (χ4v) is 3.32. The molecule has 166 valence electrons. The van der Waals surface area contributed by atoms with Crippen molar-refractivity contribution < 1.29 is 9.90 Å². The number of nitrogens with one attached hydrogen (secondary N) is 1. The maximum Gasteiger partial charge on any atom is 0.255 e. The van der Waals surface area contributed by atoms with Crippen LogP contribution < -0.4 is 5.32 Å². The highest BCUT2D eigenvalue weighted by Crippen LogP contribution is 2.33. The zero-order chi connectivity index (χ0) is 23.5. The van der Waals surface area contributed by atoms with Crippen molar-refractivity contribution in [1.82, 2.24) is 9.78 Å². The average molecular weight is 470 g/mol. The van der Waals surface area contributed by atoms with Gasteiger partial charge in [0.1, 0.15) is 11.4 Å². The smallest absolute Gasteiger partial charge is 0.255 e. The molecule has 2 aromatic carbocycles. The largest absolute Gasteiger partial charge is 0.507 e. The highest BCUT2D eigenvalue weighted by molar-refractivity contribution is 6.42. The molecule has 3 aromatic rings. The number of aromatic hydroxyl groups is 1. The van der Waals surface area contributed by atoms with Gasteiger partial charge in [0.05, 0.1) is 10.0 Å². The summed E-state index contributed by atoms with van der Waals surface area (Å²) in [7, 11) is 1.82. The second-order valence-corrected chi connectivity index (χ2v) is 9.57. The number of anilines is 1. The first-order chi connectivity index (χ1) is 15.0. The van der Waals surface area contributed by atoms with Crippen LogP contribution in [0.15, 0.2) is 42.6 Å². The SMILES string of the molecule is Cn1cc(CC#CCC(C)(C)C)c(-c2cc(NC(=O)c3ccc(Cl)c(Cl)c3)ccc2O)n1. The molecule has 0 atom stereocenters. The van der Waals surface area contributed by atoms with Gasteiger partial charge in [-0.1, -0.05) is 49.9 Å². The highest BCUT2D eigenvalue weighted by atomic mass is 35.5. The normalized spacial score (nSPS) is 11.1. The summed E-state index contributed by atoms with van der Waals surface area (Å²) in [6, 6.07) is 9.52. The van der Waals surface area contributed by atoms with Gasteiger partial charge >= 0.3 is 0 Å². The van der Waals surface area contributed by atoms with Gasteiger partial charge in [0.2, 0.25) is 0 Å². The third-order valence-corrected chi connectivity index (χ3v) is 5.36. The third-order valence-electron chi connectivity index (χ3n) is 4.62. The first-order valence-electron chi connectivity index (χ1n) is 10.1. The number of hydrogen-bond donors (Lipinski definition) is 2.